The Kier molecular flexibility index (Phi) is 6.48. The van der Waals surface area contributed by atoms with Crippen molar-refractivity contribution < 1.29 is 27.1 Å². The van der Waals surface area contributed by atoms with E-state index in [1.165, 1.54) is 36.6 Å². The van der Waals surface area contributed by atoms with Gasteiger partial charge in [0.15, 0.2) is 6.10 Å². The molecular weight excluding hydrogens is 442 g/mol. The minimum absolute atomic E-state index is 0.0416. The highest BCUT2D eigenvalue weighted by Crippen LogP contribution is 2.29. The number of benzene rings is 1. The quantitative estimate of drug-likeness (QED) is 0.523. The summed E-state index contributed by atoms with van der Waals surface area (Å²) in [6.45, 7) is 6.73. The molecule has 1 aromatic carbocycles. The SMILES string of the molecule is COc1ccc(C(=O)OC(C)c2nnc(-c3cccs3)o2)cc1S(=O)(=O)NC(C)(C)C. The van der Waals surface area contributed by atoms with E-state index in [9.17, 15) is 13.2 Å². The Morgan fingerprint density at radius 2 is 1.97 bits per heavy atom. The molecule has 2 aromatic heterocycles. The molecule has 2 heterocycles. The molecule has 0 amide bonds. The van der Waals surface area contributed by atoms with Crippen molar-refractivity contribution >= 4 is 27.3 Å². The van der Waals surface area contributed by atoms with Gasteiger partial charge in [-0.2, -0.15) is 0 Å². The van der Waals surface area contributed by atoms with Gasteiger partial charge in [-0.25, -0.2) is 17.9 Å². The zero-order valence-electron chi connectivity index (χ0n) is 17.7. The van der Waals surface area contributed by atoms with Crippen LogP contribution in [0.3, 0.4) is 0 Å². The van der Waals surface area contributed by atoms with Crippen LogP contribution in [0.2, 0.25) is 0 Å². The van der Waals surface area contributed by atoms with Gasteiger partial charge in [-0.15, -0.1) is 21.5 Å². The van der Waals surface area contributed by atoms with Gasteiger partial charge >= 0.3 is 5.97 Å². The number of rotatable bonds is 7. The lowest BCUT2D eigenvalue weighted by Crippen LogP contribution is -2.40. The molecule has 0 saturated heterocycles. The first-order chi connectivity index (χ1) is 14.5. The number of carbonyl (C=O) groups excluding carboxylic acids is 1. The number of methoxy groups -OCH3 is 1. The van der Waals surface area contributed by atoms with Crippen LogP contribution in [0.25, 0.3) is 10.8 Å². The van der Waals surface area contributed by atoms with E-state index in [4.69, 9.17) is 13.9 Å². The Morgan fingerprint density at radius 1 is 1.23 bits per heavy atom. The zero-order chi connectivity index (χ0) is 22.8. The Hall–Kier alpha value is -2.76. The third-order valence-electron chi connectivity index (χ3n) is 3.93. The van der Waals surface area contributed by atoms with Gasteiger partial charge in [0.1, 0.15) is 10.6 Å². The van der Waals surface area contributed by atoms with Gasteiger partial charge in [0.25, 0.3) is 11.8 Å². The molecule has 0 saturated carbocycles. The molecule has 1 unspecified atom stereocenters. The molecule has 9 nitrogen and oxygen atoms in total. The van der Waals surface area contributed by atoms with Crippen molar-refractivity contribution in [3.05, 3.63) is 47.2 Å². The van der Waals surface area contributed by atoms with Crippen LogP contribution in [-0.4, -0.2) is 37.2 Å². The van der Waals surface area contributed by atoms with Gasteiger partial charge in [0.2, 0.25) is 10.0 Å². The fourth-order valence-electron chi connectivity index (χ4n) is 2.65. The lowest BCUT2D eigenvalue weighted by atomic mass is 10.1. The standard InChI is InChI=1S/C20H23N3O6S2/c1-12(17-21-22-18(29-17)15-7-6-10-30-15)28-19(24)13-8-9-14(27-5)16(11-13)31(25,26)23-20(2,3)4/h6-12,23H,1-5H3. The Bertz CT molecular complexity index is 1160. The van der Waals surface area contributed by atoms with Crippen LogP contribution in [0.1, 0.15) is 50.0 Å². The van der Waals surface area contributed by atoms with Crippen LogP contribution >= 0.6 is 11.3 Å². The summed E-state index contributed by atoms with van der Waals surface area (Å²) < 4.78 is 44.3. The lowest BCUT2D eigenvalue weighted by molar-refractivity contribution is 0.0279. The van der Waals surface area contributed by atoms with E-state index < -0.39 is 27.6 Å². The fourth-order valence-corrected chi connectivity index (χ4v) is 4.91. The Morgan fingerprint density at radius 3 is 2.58 bits per heavy atom. The van der Waals surface area contributed by atoms with E-state index >= 15 is 0 Å². The number of nitrogens with one attached hydrogen (secondary N) is 1. The van der Waals surface area contributed by atoms with Crippen molar-refractivity contribution in [1.29, 1.82) is 0 Å². The number of aromatic nitrogens is 2. The lowest BCUT2D eigenvalue weighted by Gasteiger charge is -2.21. The second-order valence-corrected chi connectivity index (χ2v) is 10.3. The summed E-state index contributed by atoms with van der Waals surface area (Å²) in [5, 5.41) is 9.77. The molecule has 0 radical (unpaired) electrons. The molecule has 0 aliphatic heterocycles. The first-order valence-corrected chi connectivity index (χ1v) is 11.7. The van der Waals surface area contributed by atoms with Crippen LogP contribution < -0.4 is 9.46 Å². The second kappa shape index (κ2) is 8.77. The van der Waals surface area contributed by atoms with E-state index in [0.717, 1.165) is 4.88 Å². The first-order valence-electron chi connectivity index (χ1n) is 9.30. The van der Waals surface area contributed by atoms with Crippen LogP contribution in [-0.2, 0) is 14.8 Å². The molecule has 3 rings (SSSR count). The molecule has 1 atom stereocenters. The number of carbonyl (C=O) groups is 1. The zero-order valence-corrected chi connectivity index (χ0v) is 19.3. The molecule has 0 aliphatic rings. The summed E-state index contributed by atoms with van der Waals surface area (Å²) >= 11 is 1.44. The van der Waals surface area contributed by atoms with Crippen molar-refractivity contribution in [2.75, 3.05) is 7.11 Å². The highest BCUT2D eigenvalue weighted by Gasteiger charge is 2.27. The predicted molar refractivity (Wildman–Crippen MR) is 115 cm³/mol. The maximum absolute atomic E-state index is 12.8. The highest BCUT2D eigenvalue weighted by molar-refractivity contribution is 7.89. The maximum Gasteiger partial charge on any atom is 0.338 e. The third-order valence-corrected chi connectivity index (χ3v) is 6.57. The predicted octanol–water partition coefficient (Wildman–Crippen LogP) is 3.80. The van der Waals surface area contributed by atoms with Gasteiger partial charge < -0.3 is 13.9 Å². The van der Waals surface area contributed by atoms with Crippen molar-refractivity contribution in [3.63, 3.8) is 0 Å². The average molecular weight is 466 g/mol. The monoisotopic (exact) mass is 465 g/mol. The van der Waals surface area contributed by atoms with E-state index in [1.807, 2.05) is 17.5 Å². The molecule has 11 heteroatoms. The second-order valence-electron chi connectivity index (χ2n) is 7.69. The number of hydrogen-bond acceptors (Lipinski definition) is 9. The van der Waals surface area contributed by atoms with E-state index in [-0.39, 0.29) is 22.1 Å². The van der Waals surface area contributed by atoms with E-state index in [1.54, 1.807) is 27.7 Å². The molecule has 166 valence electrons. The van der Waals surface area contributed by atoms with E-state index in [0.29, 0.717) is 5.89 Å². The molecule has 0 fully saturated rings. The third kappa shape index (κ3) is 5.49. The summed E-state index contributed by atoms with van der Waals surface area (Å²) in [6.07, 6.45) is -0.830. The van der Waals surface area contributed by atoms with Gasteiger partial charge in [-0.1, -0.05) is 6.07 Å². The van der Waals surface area contributed by atoms with Crippen molar-refractivity contribution in [3.8, 4) is 16.5 Å². The molecule has 0 aliphatic carbocycles. The van der Waals surface area contributed by atoms with Gasteiger partial charge in [-0.3, -0.25) is 0 Å². The highest BCUT2D eigenvalue weighted by atomic mass is 32.2. The topological polar surface area (TPSA) is 121 Å². The number of esters is 1. The molecule has 0 bridgehead atoms. The molecule has 31 heavy (non-hydrogen) atoms. The minimum Gasteiger partial charge on any atom is -0.495 e. The summed E-state index contributed by atoms with van der Waals surface area (Å²) in [7, 11) is -2.59. The van der Waals surface area contributed by atoms with Gasteiger partial charge in [0, 0.05) is 5.54 Å². The summed E-state index contributed by atoms with van der Waals surface area (Å²) in [4.78, 5) is 13.3. The van der Waals surface area contributed by atoms with Crippen molar-refractivity contribution in [2.45, 2.75) is 44.2 Å². The van der Waals surface area contributed by atoms with Crippen molar-refractivity contribution in [2.24, 2.45) is 0 Å². The summed E-state index contributed by atoms with van der Waals surface area (Å²) in [6, 6.07) is 7.74. The average Bonchev–Trinajstić information content (AvgIpc) is 3.37. The Balaban J connectivity index is 1.82. The van der Waals surface area contributed by atoms with Gasteiger partial charge in [-0.05, 0) is 57.3 Å². The summed E-state index contributed by atoms with van der Waals surface area (Å²) in [5.74, 6) is -0.163. The molecular formula is C20H23N3O6S2. The summed E-state index contributed by atoms with van der Waals surface area (Å²) in [5.41, 5.74) is -0.674. The number of ether oxygens (including phenoxy) is 2. The Labute approximate surface area is 184 Å². The first kappa shape index (κ1) is 22.9. The van der Waals surface area contributed by atoms with Crippen LogP contribution in [0.5, 0.6) is 5.75 Å². The number of nitrogens with zero attached hydrogens (tertiary/aromatic N) is 2. The van der Waals surface area contributed by atoms with Crippen molar-refractivity contribution in [1.82, 2.24) is 14.9 Å². The number of sulfonamides is 1. The molecule has 0 spiro atoms. The van der Waals surface area contributed by atoms with Crippen LogP contribution in [0.4, 0.5) is 0 Å². The van der Waals surface area contributed by atoms with Crippen LogP contribution in [0, 0.1) is 0 Å². The van der Waals surface area contributed by atoms with Crippen LogP contribution in [0.15, 0.2) is 45.0 Å². The largest absolute Gasteiger partial charge is 0.495 e. The minimum atomic E-state index is -3.94. The van der Waals surface area contributed by atoms with E-state index in [2.05, 4.69) is 14.9 Å². The van der Waals surface area contributed by atoms with Gasteiger partial charge in [0.05, 0.1) is 17.6 Å². The smallest absolute Gasteiger partial charge is 0.338 e. The fraction of sp³-hybridized carbons (Fsp3) is 0.350. The molecule has 1 N–H and O–H groups in total. The number of hydrogen-bond donors (Lipinski definition) is 1. The number of thiophene rings is 1. The maximum atomic E-state index is 12.8. The molecule has 3 aromatic rings. The normalized spacial score (nSPS) is 13.1.